The zero-order valence-corrected chi connectivity index (χ0v) is 22.8. The molecule has 182 valence electrons. The Hall–Kier alpha value is -1.79. The van der Waals surface area contributed by atoms with Gasteiger partial charge in [-0.05, 0) is 63.9 Å². The fraction of sp³-hybridized carbons (Fsp3) is 0.538. The minimum Gasteiger partial charge on any atom is -0.345 e. The average molecular weight is 539 g/mol. The number of hydrogen-bond acceptors (Lipinski definition) is 2. The Morgan fingerprint density at radius 3 is 2.39 bits per heavy atom. The van der Waals surface area contributed by atoms with E-state index in [0.29, 0.717) is 13.1 Å². The lowest BCUT2D eigenvalue weighted by Gasteiger charge is -2.35. The largest absolute Gasteiger partial charge is 0.345 e. The van der Waals surface area contributed by atoms with E-state index in [1.54, 1.807) is 4.90 Å². The lowest BCUT2D eigenvalue weighted by molar-refractivity contribution is -0.147. The monoisotopic (exact) mass is 537 g/mol. The number of nitrogens with zero attached hydrogens (tertiary/aromatic N) is 3. The lowest BCUT2D eigenvalue weighted by atomic mass is 9.93. The third-order valence-corrected chi connectivity index (χ3v) is 6.98. The van der Waals surface area contributed by atoms with Crippen molar-refractivity contribution in [2.45, 2.75) is 66.6 Å². The molecule has 0 atom stereocenters. The van der Waals surface area contributed by atoms with Crippen LogP contribution in [0, 0.1) is 5.41 Å². The van der Waals surface area contributed by atoms with Crippen LogP contribution in [0.1, 0.15) is 58.7 Å². The maximum absolute atomic E-state index is 13.4. The number of halogens is 2. The lowest BCUT2D eigenvalue weighted by Crippen LogP contribution is -2.50. The van der Waals surface area contributed by atoms with E-state index in [2.05, 4.69) is 45.6 Å². The van der Waals surface area contributed by atoms with Crippen molar-refractivity contribution in [3.63, 3.8) is 0 Å². The second kappa shape index (κ2) is 12.6. The number of alkyl halides is 1. The van der Waals surface area contributed by atoms with Crippen LogP contribution in [0.25, 0.3) is 0 Å². The minimum atomic E-state index is -0.709. The van der Waals surface area contributed by atoms with E-state index < -0.39 is 5.41 Å². The van der Waals surface area contributed by atoms with Crippen molar-refractivity contribution in [2.24, 2.45) is 5.41 Å². The number of benzene rings is 1. The minimum absolute atomic E-state index is 0.0349. The number of carbonyl (C=O) groups is 2. The van der Waals surface area contributed by atoms with Crippen molar-refractivity contribution >= 4 is 39.3 Å². The van der Waals surface area contributed by atoms with E-state index >= 15 is 0 Å². The van der Waals surface area contributed by atoms with E-state index in [1.165, 1.54) is 5.56 Å². The standard InChI is InChI=1S/C26H37BrClN3O2/c1-6-7-14-30(24(32)18-31(20(2)3)25(33)26(4,5)19-28)17-23-9-8-15-29(23)16-21-10-12-22(27)13-11-21/h8-13,15,20H,6-7,14,16-19H2,1-5H3. The van der Waals surface area contributed by atoms with Gasteiger partial charge in [0.1, 0.15) is 6.54 Å². The second-order valence-electron chi connectivity index (χ2n) is 9.47. The number of amides is 2. The van der Waals surface area contributed by atoms with Crippen LogP contribution >= 0.6 is 27.5 Å². The molecule has 0 fully saturated rings. The van der Waals surface area contributed by atoms with Gasteiger partial charge < -0.3 is 14.4 Å². The van der Waals surface area contributed by atoms with Gasteiger partial charge in [-0.1, -0.05) is 41.4 Å². The molecule has 0 aliphatic carbocycles. The average Bonchev–Trinajstić information content (AvgIpc) is 3.22. The summed E-state index contributed by atoms with van der Waals surface area (Å²) in [5, 5.41) is 0. The maximum Gasteiger partial charge on any atom is 0.242 e. The summed E-state index contributed by atoms with van der Waals surface area (Å²) in [5.74, 6) is 0.0917. The van der Waals surface area contributed by atoms with Gasteiger partial charge >= 0.3 is 0 Å². The number of aromatic nitrogens is 1. The summed E-state index contributed by atoms with van der Waals surface area (Å²) in [6, 6.07) is 12.3. The van der Waals surface area contributed by atoms with Gasteiger partial charge in [0.2, 0.25) is 11.8 Å². The summed E-state index contributed by atoms with van der Waals surface area (Å²) in [6.07, 6.45) is 3.96. The summed E-state index contributed by atoms with van der Waals surface area (Å²) in [7, 11) is 0. The summed E-state index contributed by atoms with van der Waals surface area (Å²) in [4.78, 5) is 30.0. The first-order chi connectivity index (χ1) is 15.6. The summed E-state index contributed by atoms with van der Waals surface area (Å²) in [6.45, 7) is 11.6. The zero-order valence-electron chi connectivity index (χ0n) is 20.5. The topological polar surface area (TPSA) is 45.6 Å². The molecule has 0 aliphatic rings. The highest BCUT2D eigenvalue weighted by molar-refractivity contribution is 9.10. The Kier molecular flexibility index (Phi) is 10.5. The Labute approximate surface area is 212 Å². The fourth-order valence-electron chi connectivity index (χ4n) is 3.55. The Balaban J connectivity index is 2.19. The van der Waals surface area contributed by atoms with Crippen molar-refractivity contribution in [1.29, 1.82) is 0 Å². The van der Waals surface area contributed by atoms with Crippen LogP contribution in [0.5, 0.6) is 0 Å². The Bertz CT molecular complexity index is 909. The first-order valence-electron chi connectivity index (χ1n) is 11.6. The van der Waals surface area contributed by atoms with Gasteiger partial charge in [0, 0.05) is 41.4 Å². The van der Waals surface area contributed by atoms with E-state index in [9.17, 15) is 9.59 Å². The second-order valence-corrected chi connectivity index (χ2v) is 10.6. The van der Waals surface area contributed by atoms with Crippen LogP contribution in [0.2, 0.25) is 0 Å². The van der Waals surface area contributed by atoms with E-state index in [4.69, 9.17) is 11.6 Å². The normalized spacial score (nSPS) is 11.6. The predicted octanol–water partition coefficient (Wildman–Crippen LogP) is 5.93. The molecule has 0 saturated carbocycles. The van der Waals surface area contributed by atoms with Crippen LogP contribution in [0.15, 0.2) is 47.1 Å². The third kappa shape index (κ3) is 7.89. The van der Waals surface area contributed by atoms with Crippen LogP contribution in [0.3, 0.4) is 0 Å². The Morgan fingerprint density at radius 1 is 1.15 bits per heavy atom. The van der Waals surface area contributed by atoms with Crippen molar-refractivity contribution in [3.05, 3.63) is 58.3 Å². The number of rotatable bonds is 12. The molecule has 2 rings (SSSR count). The van der Waals surface area contributed by atoms with Crippen LogP contribution in [-0.4, -0.2) is 51.2 Å². The first-order valence-corrected chi connectivity index (χ1v) is 12.9. The van der Waals surface area contributed by atoms with E-state index in [1.807, 2.05) is 57.0 Å². The molecule has 0 N–H and O–H groups in total. The summed E-state index contributed by atoms with van der Waals surface area (Å²) >= 11 is 9.52. The van der Waals surface area contributed by atoms with Crippen molar-refractivity contribution in [2.75, 3.05) is 19.0 Å². The molecule has 0 aliphatic heterocycles. The summed E-state index contributed by atoms with van der Waals surface area (Å²) in [5.41, 5.74) is 1.56. The molecule has 33 heavy (non-hydrogen) atoms. The third-order valence-electron chi connectivity index (χ3n) is 5.78. The van der Waals surface area contributed by atoms with Gasteiger partial charge in [-0.25, -0.2) is 0 Å². The molecule has 1 aromatic carbocycles. The van der Waals surface area contributed by atoms with Crippen LogP contribution < -0.4 is 0 Å². The SMILES string of the molecule is CCCCN(Cc1cccn1Cc1ccc(Br)cc1)C(=O)CN(C(=O)C(C)(C)CCl)C(C)C. The number of hydrogen-bond donors (Lipinski definition) is 0. The molecule has 2 aromatic rings. The van der Waals surface area contributed by atoms with Crippen molar-refractivity contribution < 1.29 is 9.59 Å². The molecule has 1 heterocycles. The van der Waals surface area contributed by atoms with Gasteiger partial charge in [0.25, 0.3) is 0 Å². The molecule has 0 saturated heterocycles. The van der Waals surface area contributed by atoms with E-state index in [-0.39, 0.29) is 30.3 Å². The van der Waals surface area contributed by atoms with Gasteiger partial charge in [-0.15, -0.1) is 11.6 Å². The summed E-state index contributed by atoms with van der Waals surface area (Å²) < 4.78 is 3.23. The van der Waals surface area contributed by atoms with Crippen molar-refractivity contribution in [1.82, 2.24) is 14.4 Å². The number of carbonyl (C=O) groups excluding carboxylic acids is 2. The van der Waals surface area contributed by atoms with Gasteiger partial charge in [-0.2, -0.15) is 0 Å². The molecular weight excluding hydrogens is 502 g/mol. The molecule has 2 amide bonds. The molecule has 0 spiro atoms. The Morgan fingerprint density at radius 2 is 1.82 bits per heavy atom. The van der Waals surface area contributed by atoms with Crippen LogP contribution in [-0.2, 0) is 22.7 Å². The van der Waals surface area contributed by atoms with Gasteiger partial charge in [0.15, 0.2) is 0 Å². The van der Waals surface area contributed by atoms with Gasteiger partial charge in [-0.3, -0.25) is 9.59 Å². The molecule has 5 nitrogen and oxygen atoms in total. The molecular formula is C26H37BrClN3O2. The number of unbranched alkanes of at least 4 members (excludes halogenated alkanes) is 1. The predicted molar refractivity (Wildman–Crippen MR) is 139 cm³/mol. The molecule has 0 radical (unpaired) electrons. The smallest absolute Gasteiger partial charge is 0.242 e. The highest BCUT2D eigenvalue weighted by atomic mass is 79.9. The fourth-order valence-corrected chi connectivity index (χ4v) is 3.93. The van der Waals surface area contributed by atoms with E-state index in [0.717, 1.165) is 29.6 Å². The highest BCUT2D eigenvalue weighted by Gasteiger charge is 2.34. The van der Waals surface area contributed by atoms with Gasteiger partial charge in [0.05, 0.1) is 12.0 Å². The molecule has 0 unspecified atom stereocenters. The molecule has 7 heteroatoms. The highest BCUT2D eigenvalue weighted by Crippen LogP contribution is 2.22. The maximum atomic E-state index is 13.4. The molecule has 1 aromatic heterocycles. The van der Waals surface area contributed by atoms with Crippen molar-refractivity contribution in [3.8, 4) is 0 Å². The quantitative estimate of drug-likeness (QED) is 0.314. The molecule has 0 bridgehead atoms. The zero-order chi connectivity index (χ0) is 24.6. The van der Waals surface area contributed by atoms with Crippen LogP contribution in [0.4, 0.5) is 0 Å². The first kappa shape index (κ1) is 27.5.